The summed E-state index contributed by atoms with van der Waals surface area (Å²) < 4.78 is 7.28. The lowest BCUT2D eigenvalue weighted by molar-refractivity contribution is 0.0852. The van der Waals surface area contributed by atoms with Crippen molar-refractivity contribution < 1.29 is 9.53 Å². The average Bonchev–Trinajstić information content (AvgIpc) is 3.22. The van der Waals surface area contributed by atoms with Crippen LogP contribution in [0, 0.1) is 0 Å². The standard InChI is InChI=1S/C17H22N4O2/c1-12(2)16-15(17(22)18-11-14-9-6-10-23-14)19-20-21(16)13-7-4-3-5-8-13/h3-5,7-8,12,14H,6,9-11H2,1-2H3,(H,18,22)/t14-/m1/s1. The largest absolute Gasteiger partial charge is 0.376 e. The molecule has 1 fully saturated rings. The van der Waals surface area contributed by atoms with Crippen LogP contribution >= 0.6 is 0 Å². The topological polar surface area (TPSA) is 69.0 Å². The highest BCUT2D eigenvalue weighted by molar-refractivity contribution is 5.93. The molecule has 1 aromatic carbocycles. The van der Waals surface area contributed by atoms with Crippen molar-refractivity contribution in [3.8, 4) is 5.69 Å². The minimum atomic E-state index is -0.189. The number of nitrogens with zero attached hydrogens (tertiary/aromatic N) is 3. The minimum Gasteiger partial charge on any atom is -0.376 e. The Morgan fingerprint density at radius 1 is 1.39 bits per heavy atom. The third kappa shape index (κ3) is 3.42. The van der Waals surface area contributed by atoms with Crippen LogP contribution in [0.15, 0.2) is 30.3 Å². The van der Waals surface area contributed by atoms with E-state index >= 15 is 0 Å². The Hall–Kier alpha value is -2.21. The summed E-state index contributed by atoms with van der Waals surface area (Å²) in [7, 11) is 0. The van der Waals surface area contributed by atoms with Gasteiger partial charge in [-0.25, -0.2) is 4.68 Å². The summed E-state index contributed by atoms with van der Waals surface area (Å²) in [6.07, 6.45) is 2.17. The first-order valence-corrected chi connectivity index (χ1v) is 8.07. The van der Waals surface area contributed by atoms with Crippen molar-refractivity contribution in [2.45, 2.75) is 38.7 Å². The summed E-state index contributed by atoms with van der Waals surface area (Å²) in [6, 6.07) is 9.74. The van der Waals surface area contributed by atoms with E-state index in [1.54, 1.807) is 4.68 Å². The first kappa shape index (κ1) is 15.7. The summed E-state index contributed by atoms with van der Waals surface area (Å²) in [5.74, 6) is -0.0555. The Bertz CT molecular complexity index is 660. The van der Waals surface area contributed by atoms with Gasteiger partial charge in [0.05, 0.1) is 17.5 Å². The van der Waals surface area contributed by atoms with Gasteiger partial charge in [-0.3, -0.25) is 4.79 Å². The average molecular weight is 314 g/mol. The van der Waals surface area contributed by atoms with Crippen LogP contribution in [0.25, 0.3) is 5.69 Å². The third-order valence-corrected chi connectivity index (χ3v) is 3.98. The molecular formula is C17H22N4O2. The van der Waals surface area contributed by atoms with Gasteiger partial charge >= 0.3 is 0 Å². The van der Waals surface area contributed by atoms with Crippen molar-refractivity contribution in [2.75, 3.05) is 13.2 Å². The fraction of sp³-hybridized carbons (Fsp3) is 0.471. The second-order valence-corrected chi connectivity index (χ2v) is 6.07. The van der Waals surface area contributed by atoms with E-state index in [4.69, 9.17) is 4.74 Å². The molecule has 1 N–H and O–H groups in total. The number of hydrogen-bond acceptors (Lipinski definition) is 4. The maximum Gasteiger partial charge on any atom is 0.273 e. The molecule has 1 amide bonds. The lowest BCUT2D eigenvalue weighted by Crippen LogP contribution is -2.32. The van der Waals surface area contributed by atoms with Crippen molar-refractivity contribution >= 4 is 5.91 Å². The van der Waals surface area contributed by atoms with Gasteiger partial charge in [0.25, 0.3) is 5.91 Å². The first-order valence-electron chi connectivity index (χ1n) is 8.07. The fourth-order valence-corrected chi connectivity index (χ4v) is 2.82. The predicted octanol–water partition coefficient (Wildman–Crippen LogP) is 2.30. The van der Waals surface area contributed by atoms with Gasteiger partial charge in [0.15, 0.2) is 5.69 Å². The Kier molecular flexibility index (Phi) is 4.71. The zero-order valence-corrected chi connectivity index (χ0v) is 13.5. The molecule has 6 heteroatoms. The molecule has 1 atom stereocenters. The predicted molar refractivity (Wildman–Crippen MR) is 86.8 cm³/mol. The van der Waals surface area contributed by atoms with Gasteiger partial charge in [0.1, 0.15) is 0 Å². The highest BCUT2D eigenvalue weighted by atomic mass is 16.5. The van der Waals surface area contributed by atoms with E-state index in [9.17, 15) is 4.79 Å². The van der Waals surface area contributed by atoms with E-state index < -0.39 is 0 Å². The normalized spacial score (nSPS) is 17.6. The van der Waals surface area contributed by atoms with Gasteiger partial charge in [-0.15, -0.1) is 5.10 Å². The molecular weight excluding hydrogens is 292 g/mol. The van der Waals surface area contributed by atoms with Gasteiger partial charge < -0.3 is 10.1 Å². The molecule has 122 valence electrons. The molecule has 1 saturated heterocycles. The van der Waals surface area contributed by atoms with E-state index in [-0.39, 0.29) is 17.9 Å². The summed E-state index contributed by atoms with van der Waals surface area (Å²) in [4.78, 5) is 12.5. The Morgan fingerprint density at radius 3 is 2.83 bits per heavy atom. The lowest BCUT2D eigenvalue weighted by atomic mass is 10.1. The van der Waals surface area contributed by atoms with E-state index in [1.165, 1.54) is 0 Å². The van der Waals surface area contributed by atoms with E-state index in [0.29, 0.717) is 12.2 Å². The minimum absolute atomic E-state index is 0.116. The Morgan fingerprint density at radius 2 is 2.17 bits per heavy atom. The third-order valence-electron chi connectivity index (χ3n) is 3.98. The molecule has 2 heterocycles. The molecule has 1 aliphatic rings. The lowest BCUT2D eigenvalue weighted by Gasteiger charge is -2.12. The quantitative estimate of drug-likeness (QED) is 0.919. The van der Waals surface area contributed by atoms with Crippen LogP contribution < -0.4 is 5.32 Å². The van der Waals surface area contributed by atoms with Gasteiger partial charge in [0.2, 0.25) is 0 Å². The highest BCUT2D eigenvalue weighted by Gasteiger charge is 2.24. The van der Waals surface area contributed by atoms with Crippen LogP contribution in [0.5, 0.6) is 0 Å². The molecule has 0 aliphatic carbocycles. The van der Waals surface area contributed by atoms with Crippen molar-refractivity contribution in [3.05, 3.63) is 41.7 Å². The van der Waals surface area contributed by atoms with Crippen molar-refractivity contribution in [3.63, 3.8) is 0 Å². The smallest absolute Gasteiger partial charge is 0.273 e. The van der Waals surface area contributed by atoms with E-state index in [1.807, 2.05) is 44.2 Å². The number of rotatable bonds is 5. The second kappa shape index (κ2) is 6.91. The Labute approximate surface area is 135 Å². The van der Waals surface area contributed by atoms with Crippen LogP contribution in [0.2, 0.25) is 0 Å². The number of benzene rings is 1. The van der Waals surface area contributed by atoms with Crippen molar-refractivity contribution in [2.24, 2.45) is 0 Å². The molecule has 1 aliphatic heterocycles. The summed E-state index contributed by atoms with van der Waals surface area (Å²) in [5.41, 5.74) is 2.12. The van der Waals surface area contributed by atoms with E-state index in [2.05, 4.69) is 15.6 Å². The fourth-order valence-electron chi connectivity index (χ4n) is 2.82. The number of para-hydroxylation sites is 1. The Balaban J connectivity index is 1.81. The van der Waals surface area contributed by atoms with Gasteiger partial charge in [-0.05, 0) is 30.9 Å². The SMILES string of the molecule is CC(C)c1c(C(=O)NC[C@H]2CCCO2)nnn1-c1ccccc1. The number of carbonyl (C=O) groups excluding carboxylic acids is 1. The molecule has 6 nitrogen and oxygen atoms in total. The monoisotopic (exact) mass is 314 g/mol. The molecule has 0 unspecified atom stereocenters. The number of ether oxygens (including phenoxy) is 1. The molecule has 2 aromatic rings. The van der Waals surface area contributed by atoms with Gasteiger partial charge in [0, 0.05) is 13.2 Å². The van der Waals surface area contributed by atoms with Crippen LogP contribution in [-0.2, 0) is 4.74 Å². The second-order valence-electron chi connectivity index (χ2n) is 6.07. The molecule has 3 rings (SSSR count). The van der Waals surface area contributed by atoms with Gasteiger partial charge in [-0.1, -0.05) is 37.3 Å². The maximum absolute atomic E-state index is 12.5. The molecule has 1 aromatic heterocycles. The zero-order valence-electron chi connectivity index (χ0n) is 13.5. The van der Waals surface area contributed by atoms with Crippen molar-refractivity contribution in [1.29, 1.82) is 0 Å². The highest BCUT2D eigenvalue weighted by Crippen LogP contribution is 2.21. The molecule has 0 bridgehead atoms. The van der Waals surface area contributed by atoms with Crippen LogP contribution in [0.4, 0.5) is 0 Å². The summed E-state index contributed by atoms with van der Waals surface area (Å²) >= 11 is 0. The summed E-state index contributed by atoms with van der Waals surface area (Å²) in [6.45, 7) is 5.38. The van der Waals surface area contributed by atoms with E-state index in [0.717, 1.165) is 30.8 Å². The van der Waals surface area contributed by atoms with Crippen LogP contribution in [-0.4, -0.2) is 40.2 Å². The van der Waals surface area contributed by atoms with Crippen molar-refractivity contribution in [1.82, 2.24) is 20.3 Å². The van der Waals surface area contributed by atoms with Crippen LogP contribution in [0.1, 0.15) is 48.8 Å². The number of hydrogen-bond donors (Lipinski definition) is 1. The number of carbonyl (C=O) groups is 1. The number of nitrogens with one attached hydrogen (secondary N) is 1. The zero-order chi connectivity index (χ0) is 16.2. The van der Waals surface area contributed by atoms with Gasteiger partial charge in [-0.2, -0.15) is 0 Å². The molecule has 0 saturated carbocycles. The summed E-state index contributed by atoms with van der Waals surface area (Å²) in [5, 5.41) is 11.2. The molecule has 23 heavy (non-hydrogen) atoms. The number of amides is 1. The maximum atomic E-state index is 12.5. The first-order chi connectivity index (χ1) is 11.2. The van der Waals surface area contributed by atoms with Crippen LogP contribution in [0.3, 0.4) is 0 Å². The molecule has 0 spiro atoms. The molecule has 0 radical (unpaired) electrons. The number of aromatic nitrogens is 3.